The van der Waals surface area contributed by atoms with Crippen molar-refractivity contribution < 1.29 is 14.3 Å². The second-order valence-electron chi connectivity index (χ2n) is 6.74. The van der Waals surface area contributed by atoms with Gasteiger partial charge >= 0.3 is 5.97 Å². The second-order valence-corrected chi connectivity index (χ2v) is 7.66. The highest BCUT2D eigenvalue weighted by atomic mass is 79.9. The van der Waals surface area contributed by atoms with Gasteiger partial charge in [-0.25, -0.2) is 0 Å². The van der Waals surface area contributed by atoms with Crippen LogP contribution in [-0.2, 0) is 14.3 Å². The van der Waals surface area contributed by atoms with Crippen molar-refractivity contribution in [2.45, 2.75) is 20.3 Å². The monoisotopic (exact) mass is 438 g/mol. The molecule has 1 aromatic carbocycles. The van der Waals surface area contributed by atoms with Crippen molar-refractivity contribution in [2.24, 2.45) is 16.8 Å². The highest BCUT2D eigenvalue weighted by Gasteiger charge is 2.36. The molecule has 0 radical (unpaired) electrons. The molecule has 2 rings (SSSR count). The molecule has 2 N–H and O–H groups in total. The molecule has 1 aliphatic heterocycles. The lowest BCUT2D eigenvalue weighted by atomic mass is 9.99. The number of ether oxygens (including phenoxy) is 1. The molecule has 2 atom stereocenters. The third kappa shape index (κ3) is 5.69. The molecule has 1 fully saturated rings. The van der Waals surface area contributed by atoms with Crippen molar-refractivity contribution in [2.75, 3.05) is 39.1 Å². The number of aliphatic imine (C=N–C) groups is 1. The molecule has 7 nitrogen and oxygen atoms in total. The van der Waals surface area contributed by atoms with Crippen molar-refractivity contribution in [1.82, 2.24) is 10.2 Å². The summed E-state index contributed by atoms with van der Waals surface area (Å²) in [4.78, 5) is 30.3. The fourth-order valence-corrected chi connectivity index (χ4v) is 3.67. The minimum atomic E-state index is -0.190. The van der Waals surface area contributed by atoms with Crippen molar-refractivity contribution in [1.29, 1.82) is 0 Å². The molecule has 0 bridgehead atoms. The zero-order valence-electron chi connectivity index (χ0n) is 16.2. The van der Waals surface area contributed by atoms with Crippen LogP contribution >= 0.6 is 15.9 Å². The van der Waals surface area contributed by atoms with Crippen LogP contribution < -0.4 is 10.6 Å². The van der Waals surface area contributed by atoms with Gasteiger partial charge in [-0.15, -0.1) is 0 Å². The van der Waals surface area contributed by atoms with E-state index in [0.717, 1.165) is 22.3 Å². The number of nitrogens with zero attached hydrogens (tertiary/aromatic N) is 2. The van der Waals surface area contributed by atoms with Gasteiger partial charge < -0.3 is 20.3 Å². The molecular weight excluding hydrogens is 412 g/mol. The number of nitrogens with one attached hydrogen (secondary N) is 2. The molecule has 2 unspecified atom stereocenters. The maximum absolute atomic E-state index is 12.2. The van der Waals surface area contributed by atoms with Crippen LogP contribution in [0.5, 0.6) is 0 Å². The number of guanidine groups is 1. The van der Waals surface area contributed by atoms with Gasteiger partial charge in [0.15, 0.2) is 5.96 Å². The normalized spacial score (nSPS) is 19.7. The summed E-state index contributed by atoms with van der Waals surface area (Å²) in [6, 6.07) is 5.74. The van der Waals surface area contributed by atoms with Gasteiger partial charge in [0.1, 0.15) is 0 Å². The minimum Gasteiger partial charge on any atom is -0.469 e. The van der Waals surface area contributed by atoms with Gasteiger partial charge in [0, 0.05) is 43.3 Å². The van der Waals surface area contributed by atoms with E-state index in [4.69, 9.17) is 4.74 Å². The molecule has 0 aromatic heterocycles. The number of carbonyl (C=O) groups is 2. The predicted octanol–water partition coefficient (Wildman–Crippen LogP) is 2.40. The maximum Gasteiger partial charge on any atom is 0.310 e. The maximum atomic E-state index is 12.2. The summed E-state index contributed by atoms with van der Waals surface area (Å²) < 4.78 is 5.85. The Morgan fingerprint density at radius 2 is 2.11 bits per heavy atom. The summed E-state index contributed by atoms with van der Waals surface area (Å²) in [6.07, 6.45) is 0.318. The third-order valence-electron chi connectivity index (χ3n) is 4.73. The Balaban J connectivity index is 1.82. The quantitative estimate of drug-likeness (QED) is 0.418. The van der Waals surface area contributed by atoms with Crippen LogP contribution in [0.25, 0.3) is 0 Å². The van der Waals surface area contributed by atoms with E-state index in [1.165, 1.54) is 7.11 Å². The molecule has 0 aliphatic carbocycles. The summed E-state index contributed by atoms with van der Waals surface area (Å²) in [5.74, 6) is 0.480. The molecule has 1 heterocycles. The standard InChI is InChI=1S/C19H27BrN4O3/c1-12-9-14(20)5-6-16(12)23-17(25)7-8-22-19(21-3)24-10-13(2)15(11-24)18(26)27-4/h5-6,9,13,15H,7-8,10-11H2,1-4H3,(H,21,22)(H,23,25). The van der Waals surface area contributed by atoms with E-state index >= 15 is 0 Å². The van der Waals surface area contributed by atoms with Gasteiger partial charge in [0.05, 0.1) is 13.0 Å². The molecule has 1 aromatic rings. The zero-order chi connectivity index (χ0) is 20.0. The van der Waals surface area contributed by atoms with E-state index in [9.17, 15) is 9.59 Å². The lowest BCUT2D eigenvalue weighted by Gasteiger charge is -2.21. The van der Waals surface area contributed by atoms with Crippen LogP contribution in [0.1, 0.15) is 18.9 Å². The Hall–Kier alpha value is -2.09. The Bertz CT molecular complexity index is 723. The number of carbonyl (C=O) groups excluding carboxylic acids is 2. The van der Waals surface area contributed by atoms with E-state index in [1.807, 2.05) is 36.9 Å². The van der Waals surface area contributed by atoms with Crippen LogP contribution in [0, 0.1) is 18.8 Å². The fourth-order valence-electron chi connectivity index (χ4n) is 3.20. The Morgan fingerprint density at radius 1 is 1.37 bits per heavy atom. The molecule has 8 heteroatoms. The number of aryl methyl sites for hydroxylation is 1. The number of methoxy groups -OCH3 is 1. The van der Waals surface area contributed by atoms with Crippen LogP contribution in [0.3, 0.4) is 0 Å². The van der Waals surface area contributed by atoms with Crippen molar-refractivity contribution in [3.8, 4) is 0 Å². The number of hydrogen-bond donors (Lipinski definition) is 2. The summed E-state index contributed by atoms with van der Waals surface area (Å²) in [5.41, 5.74) is 1.81. The lowest BCUT2D eigenvalue weighted by molar-refractivity contribution is -0.146. The third-order valence-corrected chi connectivity index (χ3v) is 5.22. The molecule has 0 saturated carbocycles. The van der Waals surface area contributed by atoms with E-state index in [2.05, 4.69) is 31.6 Å². The highest BCUT2D eigenvalue weighted by molar-refractivity contribution is 9.10. The Morgan fingerprint density at radius 3 is 2.74 bits per heavy atom. The molecule has 1 saturated heterocycles. The van der Waals surface area contributed by atoms with E-state index < -0.39 is 0 Å². The number of hydrogen-bond acceptors (Lipinski definition) is 4. The SMILES string of the molecule is CN=C(NCCC(=O)Nc1ccc(Br)cc1C)N1CC(C)C(C(=O)OC)C1. The van der Waals surface area contributed by atoms with Gasteiger partial charge in [-0.3, -0.25) is 14.6 Å². The first kappa shape index (κ1) is 21.2. The fraction of sp³-hybridized carbons (Fsp3) is 0.526. The van der Waals surface area contributed by atoms with E-state index in [0.29, 0.717) is 25.5 Å². The van der Waals surface area contributed by atoms with Gasteiger partial charge in [-0.1, -0.05) is 22.9 Å². The number of anilines is 1. The first-order chi connectivity index (χ1) is 12.8. The first-order valence-electron chi connectivity index (χ1n) is 8.95. The van der Waals surface area contributed by atoms with Crippen molar-refractivity contribution >= 4 is 39.5 Å². The smallest absolute Gasteiger partial charge is 0.310 e. The molecule has 148 valence electrons. The Kier molecular flexibility index (Phi) is 7.65. The number of halogens is 1. The average molecular weight is 439 g/mol. The van der Waals surface area contributed by atoms with Gasteiger partial charge in [-0.05, 0) is 36.6 Å². The van der Waals surface area contributed by atoms with Crippen LogP contribution in [0.2, 0.25) is 0 Å². The minimum absolute atomic E-state index is 0.0643. The van der Waals surface area contributed by atoms with Crippen LogP contribution in [0.15, 0.2) is 27.7 Å². The topological polar surface area (TPSA) is 83.0 Å². The lowest BCUT2D eigenvalue weighted by Crippen LogP contribution is -2.41. The van der Waals surface area contributed by atoms with Crippen molar-refractivity contribution in [3.05, 3.63) is 28.2 Å². The second kappa shape index (κ2) is 9.73. The number of likely N-dealkylation sites (tertiary alicyclic amines) is 1. The number of amides is 1. The first-order valence-corrected chi connectivity index (χ1v) is 9.74. The summed E-state index contributed by atoms with van der Waals surface area (Å²) >= 11 is 3.41. The van der Waals surface area contributed by atoms with Crippen LogP contribution in [-0.4, -0.2) is 56.5 Å². The van der Waals surface area contributed by atoms with Gasteiger partial charge in [0.25, 0.3) is 0 Å². The van der Waals surface area contributed by atoms with Gasteiger partial charge in [0.2, 0.25) is 5.91 Å². The average Bonchev–Trinajstić information content (AvgIpc) is 3.02. The van der Waals surface area contributed by atoms with Gasteiger partial charge in [-0.2, -0.15) is 0 Å². The number of rotatable bonds is 5. The number of esters is 1. The molecule has 27 heavy (non-hydrogen) atoms. The highest BCUT2D eigenvalue weighted by Crippen LogP contribution is 2.24. The van der Waals surface area contributed by atoms with Crippen molar-refractivity contribution in [3.63, 3.8) is 0 Å². The predicted molar refractivity (Wildman–Crippen MR) is 110 cm³/mol. The largest absolute Gasteiger partial charge is 0.469 e. The molecule has 1 amide bonds. The molecule has 0 spiro atoms. The summed E-state index contributed by atoms with van der Waals surface area (Å²) in [7, 11) is 3.11. The molecular formula is C19H27BrN4O3. The zero-order valence-corrected chi connectivity index (χ0v) is 17.8. The summed E-state index contributed by atoms with van der Waals surface area (Å²) in [5, 5.41) is 6.13. The van der Waals surface area contributed by atoms with E-state index in [-0.39, 0.29) is 23.7 Å². The number of benzene rings is 1. The molecule has 1 aliphatic rings. The van der Waals surface area contributed by atoms with Crippen LogP contribution in [0.4, 0.5) is 5.69 Å². The summed E-state index contributed by atoms with van der Waals surface area (Å²) in [6.45, 7) is 5.74. The Labute approximate surface area is 168 Å². The van der Waals surface area contributed by atoms with E-state index in [1.54, 1.807) is 7.05 Å².